The van der Waals surface area contributed by atoms with E-state index in [1.54, 1.807) is 24.3 Å². The van der Waals surface area contributed by atoms with E-state index < -0.39 is 0 Å². The molecule has 0 saturated heterocycles. The molecule has 0 aliphatic rings. The Morgan fingerprint density at radius 3 is 2.44 bits per heavy atom. The van der Waals surface area contributed by atoms with Crippen LogP contribution in [0.25, 0.3) is 6.08 Å². The van der Waals surface area contributed by atoms with E-state index in [0.29, 0.717) is 40.4 Å². The number of hydrogen-bond donors (Lipinski definition) is 1. The molecular formula is C19H19Cl2NO3. The zero-order valence-corrected chi connectivity index (χ0v) is 15.5. The Bertz CT molecular complexity index is 775. The summed E-state index contributed by atoms with van der Waals surface area (Å²) >= 11 is 11.9. The Kier molecular flexibility index (Phi) is 7.16. The lowest BCUT2D eigenvalue weighted by atomic mass is 10.2. The number of hydrogen-bond acceptors (Lipinski definition) is 3. The summed E-state index contributed by atoms with van der Waals surface area (Å²) in [5, 5.41) is 3.60. The molecule has 132 valence electrons. The van der Waals surface area contributed by atoms with Crippen molar-refractivity contribution in [2.75, 3.05) is 18.5 Å². The van der Waals surface area contributed by atoms with E-state index in [9.17, 15) is 4.79 Å². The molecule has 0 unspecified atom stereocenters. The van der Waals surface area contributed by atoms with Crippen molar-refractivity contribution >= 4 is 40.9 Å². The van der Waals surface area contributed by atoms with Crippen molar-refractivity contribution in [2.45, 2.75) is 13.8 Å². The first-order valence-corrected chi connectivity index (χ1v) is 8.62. The molecule has 2 aromatic rings. The number of amides is 1. The first kappa shape index (κ1) is 19.2. The molecule has 0 bridgehead atoms. The zero-order valence-electron chi connectivity index (χ0n) is 14.0. The Balaban J connectivity index is 2.09. The molecule has 0 radical (unpaired) electrons. The van der Waals surface area contributed by atoms with E-state index in [-0.39, 0.29) is 5.91 Å². The van der Waals surface area contributed by atoms with Crippen LogP contribution in [0.3, 0.4) is 0 Å². The van der Waals surface area contributed by atoms with Crippen LogP contribution >= 0.6 is 23.2 Å². The van der Waals surface area contributed by atoms with Crippen LogP contribution in [0, 0.1) is 0 Å². The number of benzene rings is 2. The van der Waals surface area contributed by atoms with Gasteiger partial charge in [0.1, 0.15) is 0 Å². The van der Waals surface area contributed by atoms with Gasteiger partial charge in [0, 0.05) is 11.1 Å². The molecule has 25 heavy (non-hydrogen) atoms. The third kappa shape index (κ3) is 5.69. The minimum absolute atomic E-state index is 0.295. The predicted octanol–water partition coefficient (Wildman–Crippen LogP) is 5.44. The highest BCUT2D eigenvalue weighted by Crippen LogP contribution is 2.29. The second-order valence-corrected chi connectivity index (χ2v) is 5.86. The van der Waals surface area contributed by atoms with Crippen LogP contribution in [0.4, 0.5) is 5.69 Å². The van der Waals surface area contributed by atoms with Gasteiger partial charge in [-0.05, 0) is 55.8 Å². The molecule has 1 N–H and O–H groups in total. The summed E-state index contributed by atoms with van der Waals surface area (Å²) in [7, 11) is 0. The van der Waals surface area contributed by atoms with Gasteiger partial charge in [-0.3, -0.25) is 4.79 Å². The minimum atomic E-state index is -0.295. The van der Waals surface area contributed by atoms with Gasteiger partial charge in [0.15, 0.2) is 11.5 Å². The van der Waals surface area contributed by atoms with Crippen molar-refractivity contribution in [2.24, 2.45) is 0 Å². The van der Waals surface area contributed by atoms with Crippen LogP contribution in [0.15, 0.2) is 42.5 Å². The average molecular weight is 380 g/mol. The monoisotopic (exact) mass is 379 g/mol. The standard InChI is InChI=1S/C19H19Cl2NO3/c1-3-24-17-9-5-13(11-18(17)25-4-2)6-10-19(23)22-16-8-7-14(20)12-15(16)21/h5-12H,3-4H2,1-2H3,(H,22,23). The molecule has 0 spiro atoms. The lowest BCUT2D eigenvalue weighted by Gasteiger charge is -2.11. The fraction of sp³-hybridized carbons (Fsp3) is 0.211. The summed E-state index contributed by atoms with van der Waals surface area (Å²) < 4.78 is 11.1. The molecule has 2 aromatic carbocycles. The fourth-order valence-electron chi connectivity index (χ4n) is 2.11. The Labute approximate surface area is 157 Å². The van der Waals surface area contributed by atoms with E-state index in [2.05, 4.69) is 5.32 Å². The topological polar surface area (TPSA) is 47.6 Å². The van der Waals surface area contributed by atoms with Gasteiger partial charge in [-0.1, -0.05) is 29.3 Å². The van der Waals surface area contributed by atoms with E-state index >= 15 is 0 Å². The molecule has 1 amide bonds. The highest BCUT2D eigenvalue weighted by atomic mass is 35.5. The van der Waals surface area contributed by atoms with Crippen molar-refractivity contribution in [3.63, 3.8) is 0 Å². The molecular weight excluding hydrogens is 361 g/mol. The van der Waals surface area contributed by atoms with Gasteiger partial charge in [0.05, 0.1) is 23.9 Å². The first-order chi connectivity index (χ1) is 12.0. The Morgan fingerprint density at radius 2 is 1.76 bits per heavy atom. The summed E-state index contributed by atoms with van der Waals surface area (Å²) in [6.45, 7) is 4.90. The Morgan fingerprint density at radius 1 is 1.04 bits per heavy atom. The molecule has 0 atom stereocenters. The molecule has 2 rings (SSSR count). The highest BCUT2D eigenvalue weighted by Gasteiger charge is 2.06. The van der Waals surface area contributed by atoms with Crippen LogP contribution in [0.1, 0.15) is 19.4 Å². The molecule has 6 heteroatoms. The minimum Gasteiger partial charge on any atom is -0.490 e. The molecule has 0 aliphatic carbocycles. The Hall–Kier alpha value is -2.17. The maximum Gasteiger partial charge on any atom is 0.248 e. The van der Waals surface area contributed by atoms with Gasteiger partial charge < -0.3 is 14.8 Å². The van der Waals surface area contributed by atoms with Gasteiger partial charge >= 0.3 is 0 Å². The number of halogens is 2. The molecule has 0 aliphatic heterocycles. The normalized spacial score (nSPS) is 10.7. The van der Waals surface area contributed by atoms with E-state index in [4.69, 9.17) is 32.7 Å². The predicted molar refractivity (Wildman–Crippen MR) is 103 cm³/mol. The highest BCUT2D eigenvalue weighted by molar-refractivity contribution is 6.36. The van der Waals surface area contributed by atoms with Crippen LogP contribution in [0.5, 0.6) is 11.5 Å². The SMILES string of the molecule is CCOc1ccc(C=CC(=O)Nc2ccc(Cl)cc2Cl)cc1OCC. The first-order valence-electron chi connectivity index (χ1n) is 7.87. The quantitative estimate of drug-likeness (QED) is 0.651. The number of rotatable bonds is 7. The number of carbonyl (C=O) groups is 1. The van der Waals surface area contributed by atoms with Crippen molar-refractivity contribution in [3.05, 3.63) is 58.1 Å². The number of nitrogens with one attached hydrogen (secondary N) is 1. The van der Waals surface area contributed by atoms with Crippen molar-refractivity contribution in [1.82, 2.24) is 0 Å². The zero-order chi connectivity index (χ0) is 18.2. The third-order valence-electron chi connectivity index (χ3n) is 3.18. The van der Waals surface area contributed by atoms with Crippen molar-refractivity contribution in [3.8, 4) is 11.5 Å². The summed E-state index contributed by atoms with van der Waals surface area (Å²) in [6, 6.07) is 10.4. The van der Waals surface area contributed by atoms with Crippen molar-refractivity contribution in [1.29, 1.82) is 0 Å². The van der Waals surface area contributed by atoms with Crippen LogP contribution in [0.2, 0.25) is 10.0 Å². The van der Waals surface area contributed by atoms with Gasteiger partial charge in [0.25, 0.3) is 0 Å². The second-order valence-electron chi connectivity index (χ2n) is 5.02. The van der Waals surface area contributed by atoms with Gasteiger partial charge in [-0.15, -0.1) is 0 Å². The maximum absolute atomic E-state index is 12.1. The van der Waals surface area contributed by atoms with Crippen LogP contribution in [-0.4, -0.2) is 19.1 Å². The van der Waals surface area contributed by atoms with E-state index in [0.717, 1.165) is 5.56 Å². The number of anilines is 1. The fourth-order valence-corrected chi connectivity index (χ4v) is 2.56. The lowest BCUT2D eigenvalue weighted by Crippen LogP contribution is -2.08. The van der Waals surface area contributed by atoms with E-state index in [1.807, 2.05) is 32.0 Å². The third-order valence-corrected chi connectivity index (χ3v) is 3.73. The molecule has 4 nitrogen and oxygen atoms in total. The lowest BCUT2D eigenvalue weighted by molar-refractivity contribution is -0.111. The van der Waals surface area contributed by atoms with Crippen LogP contribution < -0.4 is 14.8 Å². The molecule has 0 fully saturated rings. The maximum atomic E-state index is 12.1. The summed E-state index contributed by atoms with van der Waals surface area (Å²) in [4.78, 5) is 12.1. The smallest absolute Gasteiger partial charge is 0.248 e. The van der Waals surface area contributed by atoms with E-state index in [1.165, 1.54) is 6.08 Å². The molecule has 0 heterocycles. The van der Waals surface area contributed by atoms with Gasteiger partial charge in [-0.2, -0.15) is 0 Å². The average Bonchev–Trinajstić information content (AvgIpc) is 2.58. The summed E-state index contributed by atoms with van der Waals surface area (Å²) in [5.74, 6) is 1.03. The second kappa shape index (κ2) is 9.35. The van der Waals surface area contributed by atoms with Crippen molar-refractivity contribution < 1.29 is 14.3 Å². The van der Waals surface area contributed by atoms with Gasteiger partial charge in [-0.25, -0.2) is 0 Å². The number of carbonyl (C=O) groups excluding carboxylic acids is 1. The largest absolute Gasteiger partial charge is 0.490 e. The molecule has 0 aromatic heterocycles. The van der Waals surface area contributed by atoms with Gasteiger partial charge in [0.2, 0.25) is 5.91 Å². The summed E-state index contributed by atoms with van der Waals surface area (Å²) in [6.07, 6.45) is 3.12. The number of ether oxygens (including phenoxy) is 2. The summed E-state index contributed by atoms with van der Waals surface area (Å²) in [5.41, 5.74) is 1.33. The molecule has 0 saturated carbocycles. The van der Waals surface area contributed by atoms with Crippen LogP contribution in [-0.2, 0) is 4.79 Å².